The van der Waals surface area contributed by atoms with Crippen molar-refractivity contribution >= 4 is 21.9 Å². The summed E-state index contributed by atoms with van der Waals surface area (Å²) in [5.41, 5.74) is 1.00. The van der Waals surface area contributed by atoms with Gasteiger partial charge < -0.3 is 5.11 Å². The van der Waals surface area contributed by atoms with Crippen LogP contribution in [0.3, 0.4) is 0 Å². The van der Waals surface area contributed by atoms with E-state index in [4.69, 9.17) is 5.11 Å². The third-order valence-corrected chi connectivity index (χ3v) is 3.42. The number of nitrogens with zero attached hydrogens (tertiary/aromatic N) is 3. The Hall–Kier alpha value is -1.76. The molecule has 1 N–H and O–H groups in total. The van der Waals surface area contributed by atoms with Crippen LogP contribution in [0, 0.1) is 12.7 Å². The van der Waals surface area contributed by atoms with Crippen LogP contribution < -0.4 is 0 Å². The Balaban J connectivity index is 2.35. The van der Waals surface area contributed by atoms with Gasteiger partial charge in [-0.25, -0.2) is 13.9 Å². The van der Waals surface area contributed by atoms with Crippen molar-refractivity contribution in [2.45, 2.75) is 13.5 Å². The quantitative estimate of drug-likeness (QED) is 0.943. The van der Waals surface area contributed by atoms with Crippen LogP contribution in [0.4, 0.5) is 4.39 Å². The molecule has 1 aromatic heterocycles. The molecule has 5 nitrogen and oxygen atoms in total. The summed E-state index contributed by atoms with van der Waals surface area (Å²) in [4.78, 5) is 10.8. The largest absolute Gasteiger partial charge is 0.476 e. The molecule has 1 aromatic carbocycles. The predicted molar refractivity (Wildman–Crippen MR) is 64.9 cm³/mol. The highest BCUT2D eigenvalue weighted by Gasteiger charge is 2.16. The van der Waals surface area contributed by atoms with Crippen molar-refractivity contribution in [3.8, 4) is 0 Å². The number of carbonyl (C=O) groups is 1. The number of rotatable bonds is 3. The van der Waals surface area contributed by atoms with Gasteiger partial charge in [-0.05, 0) is 34.5 Å². The second-order valence-electron chi connectivity index (χ2n) is 3.70. The minimum atomic E-state index is -1.13. The lowest BCUT2D eigenvalue weighted by Gasteiger charge is -2.06. The molecule has 0 aliphatic heterocycles. The van der Waals surface area contributed by atoms with Gasteiger partial charge in [-0.15, -0.1) is 5.10 Å². The number of hydrogen-bond donors (Lipinski definition) is 1. The highest BCUT2D eigenvalue weighted by molar-refractivity contribution is 9.10. The molecule has 7 heteroatoms. The molecule has 18 heavy (non-hydrogen) atoms. The monoisotopic (exact) mass is 313 g/mol. The van der Waals surface area contributed by atoms with E-state index in [0.29, 0.717) is 15.7 Å². The standard InChI is InChI=1S/C11H9BrFN3O2/c1-6-10(11(17)18)14-15-16(6)5-7-3-2-4-8(13)9(7)12/h2-4H,5H2,1H3,(H,17,18). The Bertz CT molecular complexity index is 612. The Morgan fingerprint density at radius 3 is 2.89 bits per heavy atom. The molecule has 0 unspecified atom stereocenters. The molecule has 0 radical (unpaired) electrons. The summed E-state index contributed by atoms with van der Waals surface area (Å²) in [6.07, 6.45) is 0. The van der Waals surface area contributed by atoms with Crippen LogP contribution in [0.1, 0.15) is 21.7 Å². The smallest absolute Gasteiger partial charge is 0.358 e. The first-order valence-electron chi connectivity index (χ1n) is 5.07. The van der Waals surface area contributed by atoms with E-state index in [1.165, 1.54) is 10.7 Å². The van der Waals surface area contributed by atoms with Crippen molar-refractivity contribution in [1.29, 1.82) is 0 Å². The fourth-order valence-electron chi connectivity index (χ4n) is 1.54. The summed E-state index contributed by atoms with van der Waals surface area (Å²) < 4.78 is 15.1. The van der Waals surface area contributed by atoms with Crippen molar-refractivity contribution in [2.24, 2.45) is 0 Å². The summed E-state index contributed by atoms with van der Waals surface area (Å²) >= 11 is 3.15. The van der Waals surface area contributed by atoms with Crippen LogP contribution >= 0.6 is 15.9 Å². The van der Waals surface area contributed by atoms with Gasteiger partial charge in [-0.2, -0.15) is 0 Å². The summed E-state index contributed by atoms with van der Waals surface area (Å²) in [6, 6.07) is 4.65. The zero-order chi connectivity index (χ0) is 13.3. The lowest BCUT2D eigenvalue weighted by Crippen LogP contribution is -2.06. The fourth-order valence-corrected chi connectivity index (χ4v) is 1.93. The van der Waals surface area contributed by atoms with Gasteiger partial charge in [-0.1, -0.05) is 17.3 Å². The maximum absolute atomic E-state index is 13.3. The van der Waals surface area contributed by atoms with Gasteiger partial charge in [0.15, 0.2) is 5.69 Å². The van der Waals surface area contributed by atoms with Crippen LogP contribution in [0.5, 0.6) is 0 Å². The molecule has 0 spiro atoms. The average Bonchev–Trinajstić information content (AvgIpc) is 2.67. The van der Waals surface area contributed by atoms with Crippen LogP contribution in [0.15, 0.2) is 22.7 Å². The summed E-state index contributed by atoms with van der Waals surface area (Å²) in [7, 11) is 0. The SMILES string of the molecule is Cc1c(C(=O)O)nnn1Cc1cccc(F)c1Br. The number of benzene rings is 1. The molecule has 0 fully saturated rings. The Morgan fingerprint density at radius 2 is 2.28 bits per heavy atom. The van der Waals surface area contributed by atoms with Crippen molar-refractivity contribution in [3.05, 3.63) is 45.4 Å². The van der Waals surface area contributed by atoms with E-state index in [2.05, 4.69) is 26.2 Å². The van der Waals surface area contributed by atoms with Crippen LogP contribution in [0.2, 0.25) is 0 Å². The highest BCUT2D eigenvalue weighted by atomic mass is 79.9. The predicted octanol–water partition coefficient (Wildman–Crippen LogP) is 2.23. The third-order valence-electron chi connectivity index (χ3n) is 2.54. The molecule has 0 saturated heterocycles. The second-order valence-corrected chi connectivity index (χ2v) is 4.49. The van der Waals surface area contributed by atoms with E-state index >= 15 is 0 Å². The minimum Gasteiger partial charge on any atom is -0.476 e. The van der Waals surface area contributed by atoms with Gasteiger partial charge >= 0.3 is 5.97 Å². The zero-order valence-corrected chi connectivity index (χ0v) is 11.0. The summed E-state index contributed by atoms with van der Waals surface area (Å²) in [5.74, 6) is -1.50. The molecular formula is C11H9BrFN3O2. The lowest BCUT2D eigenvalue weighted by molar-refractivity contribution is 0.0689. The molecule has 94 valence electrons. The van der Waals surface area contributed by atoms with Crippen LogP contribution in [-0.4, -0.2) is 26.1 Å². The van der Waals surface area contributed by atoms with Gasteiger partial charge in [0.2, 0.25) is 0 Å². The Labute approximate surface area is 110 Å². The van der Waals surface area contributed by atoms with E-state index in [0.717, 1.165) is 0 Å². The molecule has 2 rings (SSSR count). The number of carboxylic acid groups (broad SMARTS) is 1. The van der Waals surface area contributed by atoms with E-state index in [1.807, 2.05) is 0 Å². The number of halogens is 2. The number of aromatic carboxylic acids is 1. The average molecular weight is 314 g/mol. The van der Waals surface area contributed by atoms with Crippen molar-refractivity contribution in [2.75, 3.05) is 0 Å². The van der Waals surface area contributed by atoms with Gasteiger partial charge in [0.1, 0.15) is 5.82 Å². The van der Waals surface area contributed by atoms with E-state index in [1.54, 1.807) is 19.1 Å². The molecule has 0 atom stereocenters. The van der Waals surface area contributed by atoms with Crippen molar-refractivity contribution in [1.82, 2.24) is 15.0 Å². The normalized spacial score (nSPS) is 10.6. The Kier molecular flexibility index (Phi) is 3.42. The molecule has 0 aliphatic rings. The van der Waals surface area contributed by atoms with E-state index < -0.39 is 5.97 Å². The zero-order valence-electron chi connectivity index (χ0n) is 9.39. The third kappa shape index (κ3) is 2.26. The molecule has 1 heterocycles. The molecule has 0 aliphatic carbocycles. The molecular weight excluding hydrogens is 305 g/mol. The molecule has 0 amide bonds. The lowest BCUT2D eigenvalue weighted by atomic mass is 10.2. The maximum atomic E-state index is 13.3. The topological polar surface area (TPSA) is 68.0 Å². The Morgan fingerprint density at radius 1 is 1.56 bits per heavy atom. The second kappa shape index (κ2) is 4.85. The van der Waals surface area contributed by atoms with Crippen LogP contribution in [-0.2, 0) is 6.54 Å². The summed E-state index contributed by atoms with van der Waals surface area (Å²) in [5, 5.41) is 16.2. The van der Waals surface area contributed by atoms with E-state index in [-0.39, 0.29) is 18.1 Å². The summed E-state index contributed by atoms with van der Waals surface area (Å²) in [6.45, 7) is 1.86. The molecule has 2 aromatic rings. The van der Waals surface area contributed by atoms with Gasteiger partial charge in [0.05, 0.1) is 16.7 Å². The molecule has 0 saturated carbocycles. The minimum absolute atomic E-state index is 0.0949. The fraction of sp³-hybridized carbons (Fsp3) is 0.182. The van der Waals surface area contributed by atoms with Gasteiger partial charge in [0, 0.05) is 0 Å². The van der Waals surface area contributed by atoms with Gasteiger partial charge in [-0.3, -0.25) is 0 Å². The first kappa shape index (κ1) is 12.7. The maximum Gasteiger partial charge on any atom is 0.358 e. The van der Waals surface area contributed by atoms with E-state index in [9.17, 15) is 9.18 Å². The first-order valence-corrected chi connectivity index (χ1v) is 5.86. The van der Waals surface area contributed by atoms with Crippen molar-refractivity contribution in [3.63, 3.8) is 0 Å². The van der Waals surface area contributed by atoms with Gasteiger partial charge in [0.25, 0.3) is 0 Å². The van der Waals surface area contributed by atoms with Crippen LogP contribution in [0.25, 0.3) is 0 Å². The number of carboxylic acids is 1. The highest BCUT2D eigenvalue weighted by Crippen LogP contribution is 2.21. The van der Waals surface area contributed by atoms with Crippen molar-refractivity contribution < 1.29 is 14.3 Å². The first-order chi connectivity index (χ1) is 8.50. The number of aromatic nitrogens is 3. The molecule has 0 bridgehead atoms. The number of hydrogen-bond acceptors (Lipinski definition) is 3.